The quantitative estimate of drug-likeness (QED) is 0.842. The number of amides is 1. The van der Waals surface area contributed by atoms with Crippen molar-refractivity contribution in [2.75, 3.05) is 26.4 Å². The van der Waals surface area contributed by atoms with Gasteiger partial charge in [-0.05, 0) is 49.9 Å². The maximum Gasteiger partial charge on any atom is 0.254 e. The average Bonchev–Trinajstić information content (AvgIpc) is 3.19. The molecule has 3 aliphatic rings. The largest absolute Gasteiger partial charge is 0.491 e. The second kappa shape index (κ2) is 7.75. The summed E-state index contributed by atoms with van der Waals surface area (Å²) >= 11 is 0. The number of ether oxygens (including phenoxy) is 3. The molecule has 136 valence electrons. The molecule has 0 bridgehead atoms. The minimum Gasteiger partial charge on any atom is -0.491 e. The number of carbonyl (C=O) groups excluding carboxylic acids is 1. The van der Waals surface area contributed by atoms with E-state index in [9.17, 15) is 4.79 Å². The minimum absolute atomic E-state index is 0.117. The fourth-order valence-electron chi connectivity index (χ4n) is 4.17. The van der Waals surface area contributed by atoms with Crippen molar-refractivity contribution in [3.63, 3.8) is 0 Å². The van der Waals surface area contributed by atoms with Crippen LogP contribution >= 0.6 is 0 Å². The summed E-state index contributed by atoms with van der Waals surface area (Å²) in [6.45, 7) is 2.76. The number of carbonyl (C=O) groups is 1. The molecule has 0 spiro atoms. The van der Waals surface area contributed by atoms with Gasteiger partial charge in [0, 0.05) is 18.7 Å². The Labute approximate surface area is 149 Å². The van der Waals surface area contributed by atoms with Gasteiger partial charge in [0.05, 0.1) is 24.9 Å². The first kappa shape index (κ1) is 16.9. The van der Waals surface area contributed by atoms with E-state index in [-0.39, 0.29) is 24.2 Å². The Hall–Kier alpha value is -1.59. The molecule has 25 heavy (non-hydrogen) atoms. The minimum atomic E-state index is 0.117. The Morgan fingerprint density at radius 2 is 1.88 bits per heavy atom. The molecule has 0 N–H and O–H groups in total. The fourth-order valence-corrected chi connectivity index (χ4v) is 4.17. The van der Waals surface area contributed by atoms with E-state index in [0.717, 1.165) is 43.6 Å². The molecular formula is C20H27NO4. The fraction of sp³-hybridized carbons (Fsp3) is 0.650. The summed E-state index contributed by atoms with van der Waals surface area (Å²) in [5.74, 6) is 0.912. The Morgan fingerprint density at radius 1 is 1.04 bits per heavy atom. The van der Waals surface area contributed by atoms with Crippen LogP contribution in [-0.4, -0.2) is 55.4 Å². The number of morpholine rings is 1. The van der Waals surface area contributed by atoms with Gasteiger partial charge in [0.25, 0.3) is 5.91 Å². The summed E-state index contributed by atoms with van der Waals surface area (Å²) in [4.78, 5) is 15.0. The predicted octanol–water partition coefficient (Wildman–Crippen LogP) is 3.03. The molecular weight excluding hydrogens is 318 g/mol. The van der Waals surface area contributed by atoms with Gasteiger partial charge in [-0.3, -0.25) is 4.79 Å². The lowest BCUT2D eigenvalue weighted by molar-refractivity contribution is -0.0752. The summed E-state index contributed by atoms with van der Waals surface area (Å²) in [5, 5.41) is 0. The molecule has 0 aromatic heterocycles. The van der Waals surface area contributed by atoms with Crippen LogP contribution in [0.2, 0.25) is 0 Å². The van der Waals surface area contributed by atoms with Crippen molar-refractivity contribution < 1.29 is 19.0 Å². The molecule has 3 fully saturated rings. The molecule has 2 aliphatic heterocycles. The van der Waals surface area contributed by atoms with Crippen molar-refractivity contribution >= 4 is 5.91 Å². The van der Waals surface area contributed by atoms with E-state index < -0.39 is 0 Å². The van der Waals surface area contributed by atoms with Gasteiger partial charge in [0.2, 0.25) is 0 Å². The standard InChI is InChI=1S/C20H27NO4/c22-20(21-11-13-24-19-6-2-1-5-18(19)21)15-7-9-16(10-8-15)25-14-17-4-3-12-23-17/h7-10,17-19H,1-6,11-14H2/t17-,18-,19+/m0/s1. The van der Waals surface area contributed by atoms with Crippen LogP contribution in [0.5, 0.6) is 5.75 Å². The van der Waals surface area contributed by atoms with Gasteiger partial charge in [-0.1, -0.05) is 12.8 Å². The van der Waals surface area contributed by atoms with Crippen LogP contribution in [-0.2, 0) is 9.47 Å². The zero-order chi connectivity index (χ0) is 17.1. The van der Waals surface area contributed by atoms with E-state index in [1.807, 2.05) is 29.2 Å². The van der Waals surface area contributed by atoms with Crippen LogP contribution < -0.4 is 4.74 Å². The van der Waals surface area contributed by atoms with Gasteiger partial charge in [-0.15, -0.1) is 0 Å². The molecule has 1 amide bonds. The first-order valence-corrected chi connectivity index (χ1v) is 9.58. The molecule has 1 saturated carbocycles. The smallest absolute Gasteiger partial charge is 0.254 e. The van der Waals surface area contributed by atoms with Crippen LogP contribution in [0, 0.1) is 0 Å². The van der Waals surface area contributed by atoms with Gasteiger partial charge >= 0.3 is 0 Å². The van der Waals surface area contributed by atoms with Gasteiger partial charge in [-0.25, -0.2) is 0 Å². The highest BCUT2D eigenvalue weighted by Crippen LogP contribution is 2.29. The summed E-state index contributed by atoms with van der Waals surface area (Å²) in [6.07, 6.45) is 7.13. The number of hydrogen-bond acceptors (Lipinski definition) is 4. The Kier molecular flexibility index (Phi) is 5.22. The predicted molar refractivity (Wildman–Crippen MR) is 93.9 cm³/mol. The summed E-state index contributed by atoms with van der Waals surface area (Å²) in [7, 11) is 0. The van der Waals surface area contributed by atoms with Crippen LogP contribution in [0.1, 0.15) is 48.9 Å². The first-order valence-electron chi connectivity index (χ1n) is 9.58. The Balaban J connectivity index is 1.37. The zero-order valence-electron chi connectivity index (χ0n) is 14.7. The van der Waals surface area contributed by atoms with Crippen LogP contribution in [0.15, 0.2) is 24.3 Å². The maximum atomic E-state index is 12.9. The topological polar surface area (TPSA) is 48.0 Å². The molecule has 0 radical (unpaired) electrons. The number of benzene rings is 1. The lowest BCUT2D eigenvalue weighted by Crippen LogP contribution is -2.54. The maximum absolute atomic E-state index is 12.9. The van der Waals surface area contributed by atoms with Crippen LogP contribution in [0.25, 0.3) is 0 Å². The highest BCUT2D eigenvalue weighted by Gasteiger charge is 2.36. The lowest BCUT2D eigenvalue weighted by atomic mass is 9.89. The van der Waals surface area contributed by atoms with Crippen molar-refractivity contribution in [1.29, 1.82) is 0 Å². The molecule has 1 aromatic rings. The molecule has 1 aromatic carbocycles. The Bertz CT molecular complexity index is 580. The van der Waals surface area contributed by atoms with Crippen LogP contribution in [0.3, 0.4) is 0 Å². The third-order valence-corrected chi connectivity index (χ3v) is 5.55. The second-order valence-electron chi connectivity index (χ2n) is 7.23. The van der Waals surface area contributed by atoms with Crippen molar-refractivity contribution in [1.82, 2.24) is 4.90 Å². The molecule has 3 atom stereocenters. The number of nitrogens with zero attached hydrogens (tertiary/aromatic N) is 1. The highest BCUT2D eigenvalue weighted by atomic mass is 16.5. The third kappa shape index (κ3) is 3.82. The first-order chi connectivity index (χ1) is 12.3. The molecule has 0 unspecified atom stereocenters. The van der Waals surface area contributed by atoms with Gasteiger partial charge in [0.15, 0.2) is 0 Å². The van der Waals surface area contributed by atoms with Gasteiger partial charge in [-0.2, -0.15) is 0 Å². The average molecular weight is 345 g/mol. The van der Waals surface area contributed by atoms with E-state index in [4.69, 9.17) is 14.2 Å². The number of hydrogen-bond donors (Lipinski definition) is 0. The molecule has 2 heterocycles. The summed E-state index contributed by atoms with van der Waals surface area (Å²) in [5.41, 5.74) is 0.732. The lowest BCUT2D eigenvalue weighted by Gasteiger charge is -2.43. The van der Waals surface area contributed by atoms with Crippen molar-refractivity contribution in [3.05, 3.63) is 29.8 Å². The van der Waals surface area contributed by atoms with Gasteiger partial charge < -0.3 is 19.1 Å². The van der Waals surface area contributed by atoms with Crippen molar-refractivity contribution in [2.45, 2.75) is 56.8 Å². The van der Waals surface area contributed by atoms with Crippen molar-refractivity contribution in [3.8, 4) is 5.75 Å². The van der Waals surface area contributed by atoms with Gasteiger partial charge in [0.1, 0.15) is 12.4 Å². The van der Waals surface area contributed by atoms with Crippen molar-refractivity contribution in [2.24, 2.45) is 0 Å². The molecule has 4 rings (SSSR count). The van der Waals surface area contributed by atoms with Crippen LogP contribution in [0.4, 0.5) is 0 Å². The highest BCUT2D eigenvalue weighted by molar-refractivity contribution is 5.94. The SMILES string of the molecule is O=C(c1ccc(OC[C@@H]2CCCO2)cc1)N1CCO[C@@H]2CCCC[C@@H]21. The monoisotopic (exact) mass is 345 g/mol. The molecule has 5 heteroatoms. The zero-order valence-corrected chi connectivity index (χ0v) is 14.7. The van der Waals surface area contributed by atoms with E-state index in [0.29, 0.717) is 19.8 Å². The summed E-state index contributed by atoms with van der Waals surface area (Å²) < 4.78 is 17.2. The number of rotatable bonds is 4. The third-order valence-electron chi connectivity index (χ3n) is 5.55. The summed E-state index contributed by atoms with van der Waals surface area (Å²) in [6, 6.07) is 7.77. The molecule has 2 saturated heterocycles. The van der Waals surface area contributed by atoms with E-state index >= 15 is 0 Å². The van der Waals surface area contributed by atoms with E-state index in [1.54, 1.807) is 0 Å². The Morgan fingerprint density at radius 3 is 2.68 bits per heavy atom. The molecule has 1 aliphatic carbocycles. The van der Waals surface area contributed by atoms with E-state index in [1.165, 1.54) is 12.8 Å². The van der Waals surface area contributed by atoms with E-state index in [2.05, 4.69) is 0 Å². The number of fused-ring (bicyclic) bond motifs is 1. The molecule has 5 nitrogen and oxygen atoms in total. The second-order valence-corrected chi connectivity index (χ2v) is 7.23. The normalized spacial score (nSPS) is 29.3.